The molecule has 1 aliphatic heterocycles. The monoisotopic (exact) mass is 426 g/mol. The molecule has 156 valence electrons. The molecular weight excluding hydrogens is 404 g/mol. The number of hydrogen-bond acceptors (Lipinski definition) is 6. The van der Waals surface area contributed by atoms with E-state index in [2.05, 4.69) is 25.7 Å². The first-order valence-electron chi connectivity index (χ1n) is 9.75. The Labute approximate surface area is 179 Å². The Hall–Kier alpha value is -2.97. The molecule has 0 radical (unpaired) electrons. The van der Waals surface area contributed by atoms with E-state index in [9.17, 15) is 4.79 Å². The van der Waals surface area contributed by atoms with Gasteiger partial charge in [-0.25, -0.2) is 4.68 Å². The van der Waals surface area contributed by atoms with Gasteiger partial charge in [0.15, 0.2) is 0 Å². The summed E-state index contributed by atoms with van der Waals surface area (Å²) >= 11 is 6.23. The van der Waals surface area contributed by atoms with Crippen molar-refractivity contribution < 1.29 is 9.53 Å². The summed E-state index contributed by atoms with van der Waals surface area (Å²) in [4.78, 5) is 15.3. The van der Waals surface area contributed by atoms with Crippen molar-refractivity contribution in [2.45, 2.75) is 31.6 Å². The molecule has 0 spiro atoms. The number of ether oxygens (including phenoxy) is 1. The number of tetrazole rings is 1. The number of likely N-dealkylation sites (tertiary alicyclic amines) is 1. The van der Waals surface area contributed by atoms with Gasteiger partial charge in [0.1, 0.15) is 12.1 Å². The number of nitrogens with one attached hydrogen (secondary N) is 1. The Kier molecular flexibility index (Phi) is 6.25. The summed E-state index contributed by atoms with van der Waals surface area (Å²) in [6, 6.07) is 15.1. The second-order valence-corrected chi connectivity index (χ2v) is 7.65. The van der Waals surface area contributed by atoms with Crippen LogP contribution in [0, 0.1) is 0 Å². The summed E-state index contributed by atoms with van der Waals surface area (Å²) in [7, 11) is 1.65. The van der Waals surface area contributed by atoms with Crippen molar-refractivity contribution in [2.75, 3.05) is 13.7 Å². The minimum absolute atomic E-state index is 0.0192. The molecule has 0 bridgehead atoms. The number of nitrogens with zero attached hydrogens (tertiary/aromatic N) is 5. The quantitative estimate of drug-likeness (QED) is 0.624. The van der Waals surface area contributed by atoms with Crippen LogP contribution in [0.15, 0.2) is 54.9 Å². The third-order valence-electron chi connectivity index (χ3n) is 5.40. The van der Waals surface area contributed by atoms with Crippen LogP contribution >= 0.6 is 11.6 Å². The van der Waals surface area contributed by atoms with Gasteiger partial charge in [-0.2, -0.15) is 0 Å². The normalized spacial score (nSPS) is 19.0. The van der Waals surface area contributed by atoms with E-state index in [4.69, 9.17) is 16.3 Å². The number of amides is 1. The first kappa shape index (κ1) is 20.3. The smallest absolute Gasteiger partial charge is 0.237 e. The summed E-state index contributed by atoms with van der Waals surface area (Å²) in [5, 5.41) is 15.2. The number of rotatable bonds is 7. The van der Waals surface area contributed by atoms with Crippen LogP contribution < -0.4 is 10.1 Å². The Morgan fingerprint density at radius 3 is 2.70 bits per heavy atom. The van der Waals surface area contributed by atoms with Gasteiger partial charge in [-0.15, -0.1) is 5.10 Å². The third-order valence-corrected chi connectivity index (χ3v) is 5.77. The van der Waals surface area contributed by atoms with E-state index >= 15 is 0 Å². The number of para-hydroxylation sites is 1. The molecule has 2 aromatic carbocycles. The largest absolute Gasteiger partial charge is 0.496 e. The number of hydrogen-bond donors (Lipinski definition) is 1. The minimum atomic E-state index is -0.313. The van der Waals surface area contributed by atoms with Gasteiger partial charge < -0.3 is 10.1 Å². The number of aromatic nitrogens is 4. The van der Waals surface area contributed by atoms with Crippen LogP contribution in [0.4, 0.5) is 0 Å². The molecule has 0 saturated carbocycles. The lowest BCUT2D eigenvalue weighted by atomic mass is 10.1. The molecular formula is C21H23ClN6O2. The molecule has 0 unspecified atom stereocenters. The van der Waals surface area contributed by atoms with E-state index in [0.29, 0.717) is 31.1 Å². The van der Waals surface area contributed by atoms with Gasteiger partial charge >= 0.3 is 0 Å². The first-order chi connectivity index (χ1) is 14.7. The molecule has 2 heterocycles. The second kappa shape index (κ2) is 9.23. The predicted octanol–water partition coefficient (Wildman–Crippen LogP) is 2.47. The Bertz CT molecular complexity index is 997. The average Bonchev–Trinajstić information content (AvgIpc) is 3.43. The molecule has 1 aromatic heterocycles. The Morgan fingerprint density at radius 2 is 1.97 bits per heavy atom. The molecule has 4 rings (SSSR count). The summed E-state index contributed by atoms with van der Waals surface area (Å²) in [6.45, 7) is 1.63. The Morgan fingerprint density at radius 1 is 1.20 bits per heavy atom. The lowest BCUT2D eigenvalue weighted by Crippen LogP contribution is -2.42. The fourth-order valence-corrected chi connectivity index (χ4v) is 4.05. The molecule has 1 amide bonds. The first-order valence-corrected chi connectivity index (χ1v) is 10.1. The average molecular weight is 427 g/mol. The van der Waals surface area contributed by atoms with Crippen molar-refractivity contribution >= 4 is 17.5 Å². The van der Waals surface area contributed by atoms with Crippen LogP contribution in [-0.4, -0.2) is 50.7 Å². The lowest BCUT2D eigenvalue weighted by molar-refractivity contribution is -0.125. The summed E-state index contributed by atoms with van der Waals surface area (Å²) < 4.78 is 7.21. The zero-order chi connectivity index (χ0) is 20.9. The van der Waals surface area contributed by atoms with E-state index in [1.165, 1.54) is 0 Å². The van der Waals surface area contributed by atoms with Crippen LogP contribution in [0.5, 0.6) is 5.75 Å². The molecule has 1 aliphatic rings. The fraction of sp³-hybridized carbons (Fsp3) is 0.333. The highest BCUT2D eigenvalue weighted by atomic mass is 35.5. The SMILES string of the molecule is COc1ccccc1CN1C[C@@H](n2cnnn2)C[C@H]1C(=O)NCc1ccccc1Cl. The molecule has 0 aliphatic carbocycles. The van der Waals surface area contributed by atoms with E-state index < -0.39 is 0 Å². The lowest BCUT2D eigenvalue weighted by Gasteiger charge is -2.24. The topological polar surface area (TPSA) is 85.2 Å². The number of carbonyl (C=O) groups is 1. The maximum atomic E-state index is 13.1. The van der Waals surface area contributed by atoms with Crippen LogP contribution in [0.3, 0.4) is 0 Å². The molecule has 2 atom stereocenters. The van der Waals surface area contributed by atoms with Crippen molar-refractivity contribution in [2.24, 2.45) is 0 Å². The molecule has 1 fully saturated rings. The standard InChI is InChI=1S/C21H23ClN6O2/c1-30-20-9-5-3-7-16(20)12-27-13-17(28-14-24-25-26-28)10-19(27)21(29)23-11-15-6-2-4-8-18(15)22/h2-9,14,17,19H,10-13H2,1H3,(H,23,29)/t17-,19-/m0/s1. The van der Waals surface area contributed by atoms with Crippen molar-refractivity contribution in [1.29, 1.82) is 0 Å². The molecule has 1 saturated heterocycles. The van der Waals surface area contributed by atoms with Gasteiger partial charge in [0.25, 0.3) is 0 Å². The van der Waals surface area contributed by atoms with E-state index in [1.54, 1.807) is 18.1 Å². The van der Waals surface area contributed by atoms with Crippen molar-refractivity contribution in [1.82, 2.24) is 30.4 Å². The zero-order valence-corrected chi connectivity index (χ0v) is 17.4. The van der Waals surface area contributed by atoms with Crippen LogP contribution in [-0.2, 0) is 17.9 Å². The van der Waals surface area contributed by atoms with Crippen molar-refractivity contribution in [3.63, 3.8) is 0 Å². The van der Waals surface area contributed by atoms with Crippen LogP contribution in [0.1, 0.15) is 23.6 Å². The minimum Gasteiger partial charge on any atom is -0.496 e. The van der Waals surface area contributed by atoms with Crippen LogP contribution in [0.25, 0.3) is 0 Å². The zero-order valence-electron chi connectivity index (χ0n) is 16.6. The van der Waals surface area contributed by atoms with Gasteiger partial charge in [0, 0.05) is 30.2 Å². The van der Waals surface area contributed by atoms with Crippen LogP contribution in [0.2, 0.25) is 5.02 Å². The second-order valence-electron chi connectivity index (χ2n) is 7.25. The van der Waals surface area contributed by atoms with E-state index in [1.807, 2.05) is 48.5 Å². The highest BCUT2D eigenvalue weighted by molar-refractivity contribution is 6.31. The number of halogens is 1. The van der Waals surface area contributed by atoms with E-state index in [0.717, 1.165) is 16.9 Å². The van der Waals surface area contributed by atoms with Gasteiger partial charge in [-0.1, -0.05) is 48.0 Å². The molecule has 8 nitrogen and oxygen atoms in total. The Balaban J connectivity index is 1.51. The number of benzene rings is 2. The van der Waals surface area contributed by atoms with Crippen molar-refractivity contribution in [3.05, 3.63) is 71.0 Å². The predicted molar refractivity (Wildman–Crippen MR) is 112 cm³/mol. The summed E-state index contributed by atoms with van der Waals surface area (Å²) in [5.41, 5.74) is 1.92. The molecule has 30 heavy (non-hydrogen) atoms. The van der Waals surface area contributed by atoms with Gasteiger partial charge in [0.05, 0.1) is 19.2 Å². The molecule has 3 aromatic rings. The number of carbonyl (C=O) groups excluding carboxylic acids is 1. The van der Waals surface area contributed by atoms with Gasteiger partial charge in [-0.3, -0.25) is 9.69 Å². The fourth-order valence-electron chi connectivity index (χ4n) is 3.85. The van der Waals surface area contributed by atoms with Gasteiger partial charge in [-0.05, 0) is 34.5 Å². The maximum Gasteiger partial charge on any atom is 0.237 e. The highest BCUT2D eigenvalue weighted by Gasteiger charge is 2.38. The molecule has 1 N–H and O–H groups in total. The maximum absolute atomic E-state index is 13.1. The summed E-state index contributed by atoms with van der Waals surface area (Å²) in [5.74, 6) is 0.763. The third kappa shape index (κ3) is 4.44. The van der Waals surface area contributed by atoms with Crippen molar-refractivity contribution in [3.8, 4) is 5.75 Å². The van der Waals surface area contributed by atoms with Gasteiger partial charge in [0.2, 0.25) is 5.91 Å². The van der Waals surface area contributed by atoms with E-state index in [-0.39, 0.29) is 18.0 Å². The highest BCUT2D eigenvalue weighted by Crippen LogP contribution is 2.30. The summed E-state index contributed by atoms with van der Waals surface area (Å²) in [6.07, 6.45) is 2.21. The molecule has 9 heteroatoms. The number of methoxy groups -OCH3 is 1.